The van der Waals surface area contributed by atoms with E-state index in [1.165, 1.54) is 53.4 Å². The van der Waals surface area contributed by atoms with Gasteiger partial charge in [-0.05, 0) is 54.6 Å². The number of hydrogen-bond donors (Lipinski definition) is 3. The molecule has 0 bridgehead atoms. The first kappa shape index (κ1) is 32.8. The predicted molar refractivity (Wildman–Crippen MR) is 168 cm³/mol. The van der Waals surface area contributed by atoms with Crippen LogP contribution in [0.1, 0.15) is 51.8 Å². The summed E-state index contributed by atoms with van der Waals surface area (Å²) >= 11 is 0. The topological polar surface area (TPSA) is 193 Å². The first-order valence-corrected chi connectivity index (χ1v) is 14.5. The average Bonchev–Trinajstić information content (AvgIpc) is 3.11. The van der Waals surface area contributed by atoms with Gasteiger partial charge in [0.2, 0.25) is 0 Å². The zero-order valence-corrected chi connectivity index (χ0v) is 25.2. The number of aromatic hydroxyl groups is 2. The van der Waals surface area contributed by atoms with E-state index in [1.807, 2.05) is 0 Å². The van der Waals surface area contributed by atoms with Crippen molar-refractivity contribution in [3.63, 3.8) is 0 Å². The fraction of sp³-hybridized carbons (Fsp3) is 0.147. The van der Waals surface area contributed by atoms with Gasteiger partial charge in [0.25, 0.3) is 11.8 Å². The van der Waals surface area contributed by atoms with Gasteiger partial charge in [0.15, 0.2) is 13.0 Å². The zero-order chi connectivity index (χ0) is 34.0. The van der Waals surface area contributed by atoms with Gasteiger partial charge in [0, 0.05) is 11.1 Å². The molecule has 4 aromatic carbocycles. The number of azo groups is 1. The Kier molecular flexibility index (Phi) is 10.4. The summed E-state index contributed by atoms with van der Waals surface area (Å²) in [5, 5.41) is 31.1. The summed E-state index contributed by atoms with van der Waals surface area (Å²) in [5.74, 6) is -2.76. The highest BCUT2D eigenvalue weighted by molar-refractivity contribution is 6.01. The molecule has 0 saturated carbocycles. The zero-order valence-electron chi connectivity index (χ0n) is 25.2. The summed E-state index contributed by atoms with van der Waals surface area (Å²) < 4.78 is 16.0. The molecule has 0 fully saturated rings. The third-order valence-corrected chi connectivity index (χ3v) is 7.01. The standard InChI is InChI=1S/C34H28N4O10/c39-19-21-5-1-2-6-24(21)31(42)35-13-15-46-33(44)26-17-22(9-11-28(26)40)36-37-23-10-12-29(41)27(18-23)34(45)47-16-14-38-20-48-30-8-4-3-7-25(30)32(38)43/h1-12,17-19,40-41H,13-16,20H2,(H,35,42)/b37-36+. The van der Waals surface area contributed by atoms with Gasteiger partial charge in [-0.3, -0.25) is 14.4 Å². The fourth-order valence-corrected chi connectivity index (χ4v) is 4.54. The maximum Gasteiger partial charge on any atom is 0.342 e. The second-order valence-corrected chi connectivity index (χ2v) is 10.2. The van der Waals surface area contributed by atoms with Crippen molar-refractivity contribution in [3.8, 4) is 17.2 Å². The second-order valence-electron chi connectivity index (χ2n) is 10.2. The summed E-state index contributed by atoms with van der Waals surface area (Å²) in [5.41, 5.74) is 0.737. The highest BCUT2D eigenvalue weighted by atomic mass is 16.5. The van der Waals surface area contributed by atoms with Gasteiger partial charge < -0.3 is 34.6 Å². The van der Waals surface area contributed by atoms with Crippen LogP contribution >= 0.6 is 0 Å². The van der Waals surface area contributed by atoms with Crippen LogP contribution in [0.2, 0.25) is 0 Å². The molecule has 5 rings (SSSR count). The van der Waals surface area contributed by atoms with Crippen molar-refractivity contribution in [1.82, 2.24) is 10.2 Å². The number of carbonyl (C=O) groups excluding carboxylic acids is 5. The average molecular weight is 653 g/mol. The molecular formula is C34H28N4O10. The number of esters is 2. The van der Waals surface area contributed by atoms with Gasteiger partial charge in [-0.2, -0.15) is 10.2 Å². The number of nitrogens with one attached hydrogen (secondary N) is 1. The largest absolute Gasteiger partial charge is 0.507 e. The van der Waals surface area contributed by atoms with Crippen LogP contribution in [-0.4, -0.2) is 78.2 Å². The predicted octanol–water partition coefficient (Wildman–Crippen LogP) is 4.56. The van der Waals surface area contributed by atoms with Crippen LogP contribution in [0.4, 0.5) is 11.4 Å². The number of aldehydes is 1. The smallest absolute Gasteiger partial charge is 0.342 e. The molecule has 2 amide bonds. The number of phenols is 2. The molecule has 1 heterocycles. The molecule has 0 aliphatic carbocycles. The summed E-state index contributed by atoms with van der Waals surface area (Å²) in [7, 11) is 0. The molecule has 14 nitrogen and oxygen atoms in total. The van der Waals surface area contributed by atoms with E-state index in [9.17, 15) is 34.2 Å². The van der Waals surface area contributed by atoms with Crippen molar-refractivity contribution < 1.29 is 48.4 Å². The van der Waals surface area contributed by atoms with Gasteiger partial charge in [-0.25, -0.2) is 9.59 Å². The van der Waals surface area contributed by atoms with Gasteiger partial charge in [-0.15, -0.1) is 0 Å². The Hall–Kier alpha value is -6.57. The lowest BCUT2D eigenvalue weighted by Crippen LogP contribution is -2.40. The van der Waals surface area contributed by atoms with Gasteiger partial charge >= 0.3 is 11.9 Å². The van der Waals surface area contributed by atoms with E-state index >= 15 is 0 Å². The molecule has 0 aromatic heterocycles. The molecule has 0 atom stereocenters. The quantitative estimate of drug-likeness (QED) is 0.0845. The van der Waals surface area contributed by atoms with E-state index in [4.69, 9.17) is 14.2 Å². The highest BCUT2D eigenvalue weighted by Crippen LogP contribution is 2.29. The molecule has 1 aliphatic heterocycles. The van der Waals surface area contributed by atoms with E-state index in [2.05, 4.69) is 15.5 Å². The first-order chi connectivity index (χ1) is 23.2. The molecule has 3 N–H and O–H groups in total. The molecule has 244 valence electrons. The van der Waals surface area contributed by atoms with E-state index in [0.717, 1.165) is 0 Å². The Morgan fingerprint density at radius 2 is 1.42 bits per heavy atom. The van der Waals surface area contributed by atoms with Crippen molar-refractivity contribution >= 4 is 41.4 Å². The molecule has 14 heteroatoms. The number of hydrogen-bond acceptors (Lipinski definition) is 12. The number of ether oxygens (including phenoxy) is 3. The minimum absolute atomic E-state index is 0.00228. The SMILES string of the molecule is O=Cc1ccccc1C(=O)NCCOC(=O)c1cc(/N=N/c2ccc(O)c(C(=O)OCCN3COc4ccccc4C3=O)c2)ccc1O. The number of rotatable bonds is 12. The van der Waals surface area contributed by atoms with Crippen molar-refractivity contribution in [2.24, 2.45) is 10.2 Å². The van der Waals surface area contributed by atoms with Crippen molar-refractivity contribution in [2.75, 3.05) is 33.0 Å². The number of fused-ring (bicyclic) bond motifs is 1. The molecule has 1 aliphatic rings. The monoisotopic (exact) mass is 652 g/mol. The molecule has 0 radical (unpaired) electrons. The van der Waals surface area contributed by atoms with Crippen molar-refractivity contribution in [1.29, 1.82) is 0 Å². The lowest BCUT2D eigenvalue weighted by Gasteiger charge is -2.28. The minimum Gasteiger partial charge on any atom is -0.507 e. The molecule has 4 aromatic rings. The summed E-state index contributed by atoms with van der Waals surface area (Å²) in [6, 6.07) is 20.8. The first-order valence-electron chi connectivity index (χ1n) is 14.5. The maximum absolute atomic E-state index is 12.7. The van der Waals surface area contributed by atoms with E-state index in [-0.39, 0.29) is 84.1 Å². The summed E-state index contributed by atoms with van der Waals surface area (Å²) in [6.45, 7) is -0.365. The Balaban J connectivity index is 1.14. The summed E-state index contributed by atoms with van der Waals surface area (Å²) in [4.78, 5) is 62.8. The van der Waals surface area contributed by atoms with Crippen molar-refractivity contribution in [2.45, 2.75) is 0 Å². The number of nitrogens with zero attached hydrogens (tertiary/aromatic N) is 3. The number of para-hydroxylation sites is 1. The molecule has 0 spiro atoms. The van der Waals surface area contributed by atoms with Gasteiger partial charge in [0.05, 0.1) is 30.0 Å². The van der Waals surface area contributed by atoms with Crippen LogP contribution < -0.4 is 10.1 Å². The Morgan fingerprint density at radius 1 is 0.812 bits per heavy atom. The number of benzene rings is 4. The van der Waals surface area contributed by atoms with Crippen LogP contribution in [-0.2, 0) is 9.47 Å². The normalized spacial score (nSPS) is 12.2. The lowest BCUT2D eigenvalue weighted by molar-refractivity contribution is 0.0314. The third kappa shape index (κ3) is 7.80. The minimum atomic E-state index is -0.885. The van der Waals surface area contributed by atoms with Gasteiger partial charge in [-0.1, -0.05) is 30.3 Å². The van der Waals surface area contributed by atoms with E-state index in [0.29, 0.717) is 17.6 Å². The Morgan fingerprint density at radius 3 is 2.08 bits per heavy atom. The Bertz CT molecular complexity index is 1910. The molecule has 0 unspecified atom stereocenters. The fourth-order valence-electron chi connectivity index (χ4n) is 4.54. The van der Waals surface area contributed by atoms with Gasteiger partial charge in [0.1, 0.15) is 41.6 Å². The molecular weight excluding hydrogens is 624 g/mol. The van der Waals surface area contributed by atoms with Crippen LogP contribution in [0.15, 0.2) is 95.2 Å². The van der Waals surface area contributed by atoms with Crippen LogP contribution in [0.5, 0.6) is 17.2 Å². The van der Waals surface area contributed by atoms with Crippen LogP contribution in [0, 0.1) is 0 Å². The highest BCUT2D eigenvalue weighted by Gasteiger charge is 2.25. The number of carbonyl (C=O) groups is 5. The van der Waals surface area contributed by atoms with Crippen LogP contribution in [0.3, 0.4) is 0 Å². The van der Waals surface area contributed by atoms with E-state index < -0.39 is 17.8 Å². The Labute approximate surface area is 273 Å². The lowest BCUT2D eigenvalue weighted by atomic mass is 10.1. The molecule has 48 heavy (non-hydrogen) atoms. The van der Waals surface area contributed by atoms with Crippen LogP contribution in [0.25, 0.3) is 0 Å². The number of phenolic OH excluding ortho intramolecular Hbond substituents is 2. The van der Waals surface area contributed by atoms with E-state index in [1.54, 1.807) is 36.4 Å². The summed E-state index contributed by atoms with van der Waals surface area (Å²) in [6.07, 6.45) is 0.565. The third-order valence-electron chi connectivity index (χ3n) is 7.01. The number of amides is 2. The second kappa shape index (κ2) is 15.1. The van der Waals surface area contributed by atoms with Crippen molar-refractivity contribution in [3.05, 3.63) is 113 Å². The molecule has 0 saturated heterocycles. The maximum atomic E-state index is 12.7.